The Morgan fingerprint density at radius 1 is 0.917 bits per heavy atom. The summed E-state index contributed by atoms with van der Waals surface area (Å²) in [6.45, 7) is 10.1. The molecule has 0 amide bonds. The van der Waals surface area contributed by atoms with Crippen molar-refractivity contribution in [2.75, 3.05) is 50.7 Å². The average Bonchev–Trinajstić information content (AvgIpc) is 3.29. The van der Waals surface area contributed by atoms with Crippen LogP contribution in [0.25, 0.3) is 21.8 Å². The van der Waals surface area contributed by atoms with Crippen LogP contribution in [-0.4, -0.2) is 71.7 Å². The number of phenolic OH excluding ortho intramolecular Hbond substituents is 1. The topological polar surface area (TPSA) is 45.7 Å². The van der Waals surface area contributed by atoms with Crippen LogP contribution in [0.15, 0.2) is 60.7 Å². The van der Waals surface area contributed by atoms with Crippen LogP contribution >= 0.6 is 0 Å². The second-order valence-electron chi connectivity index (χ2n) is 10.6. The highest BCUT2D eigenvalue weighted by molar-refractivity contribution is 6.08. The van der Waals surface area contributed by atoms with Crippen molar-refractivity contribution in [1.29, 1.82) is 0 Å². The third kappa shape index (κ3) is 4.58. The molecule has 4 aromatic rings. The van der Waals surface area contributed by atoms with Crippen molar-refractivity contribution in [3.63, 3.8) is 0 Å². The highest BCUT2D eigenvalue weighted by atomic mass is 16.3. The molecule has 188 valence electrons. The summed E-state index contributed by atoms with van der Waals surface area (Å²) in [5.74, 6) is 0.481. The number of nitrogens with zero attached hydrogens (tertiary/aromatic N) is 3. The Balaban J connectivity index is 1.06. The van der Waals surface area contributed by atoms with Crippen LogP contribution < -0.4 is 4.90 Å². The molecule has 1 aromatic heterocycles. The van der Waals surface area contributed by atoms with Gasteiger partial charge in [0.25, 0.3) is 0 Å². The van der Waals surface area contributed by atoms with Gasteiger partial charge in [0.15, 0.2) is 0 Å². The van der Waals surface area contributed by atoms with Gasteiger partial charge in [-0.05, 0) is 73.7 Å². The Morgan fingerprint density at radius 3 is 2.61 bits per heavy atom. The lowest BCUT2D eigenvalue weighted by Crippen LogP contribution is -2.50. The molecule has 1 atom stereocenters. The fourth-order valence-electron chi connectivity index (χ4n) is 6.38. The van der Waals surface area contributed by atoms with E-state index in [1.165, 1.54) is 45.0 Å². The molecule has 0 bridgehead atoms. The summed E-state index contributed by atoms with van der Waals surface area (Å²) in [7, 11) is 0. The quantitative estimate of drug-likeness (QED) is 0.369. The molecule has 2 N–H and O–H groups in total. The lowest BCUT2D eigenvalue weighted by Gasteiger charge is -2.39. The first-order chi connectivity index (χ1) is 17.7. The molecule has 5 heteroatoms. The summed E-state index contributed by atoms with van der Waals surface area (Å²) in [4.78, 5) is 11.4. The Kier molecular flexibility index (Phi) is 6.60. The largest absolute Gasteiger partial charge is 0.508 e. The molecule has 0 saturated carbocycles. The van der Waals surface area contributed by atoms with E-state index in [2.05, 4.69) is 75.1 Å². The highest BCUT2D eigenvalue weighted by Gasteiger charge is 2.26. The van der Waals surface area contributed by atoms with Crippen LogP contribution in [0.1, 0.15) is 30.9 Å². The maximum atomic E-state index is 10.2. The van der Waals surface area contributed by atoms with Gasteiger partial charge in [0.1, 0.15) is 5.75 Å². The zero-order valence-electron chi connectivity index (χ0n) is 21.4. The van der Waals surface area contributed by atoms with Gasteiger partial charge >= 0.3 is 0 Å². The van der Waals surface area contributed by atoms with E-state index in [9.17, 15) is 5.11 Å². The summed E-state index contributed by atoms with van der Waals surface area (Å²) < 4.78 is 0. The number of anilines is 1. The van der Waals surface area contributed by atoms with Crippen LogP contribution in [0, 0.1) is 0 Å². The maximum absolute atomic E-state index is 10.2. The van der Waals surface area contributed by atoms with Crippen LogP contribution in [0.4, 0.5) is 5.69 Å². The lowest BCUT2D eigenvalue weighted by molar-refractivity contribution is 0.145. The molecule has 0 spiro atoms. The minimum atomic E-state index is 0.481. The number of nitrogens with one attached hydrogen (secondary N) is 1. The molecule has 1 aliphatic carbocycles. The van der Waals surface area contributed by atoms with E-state index in [1.807, 2.05) is 12.1 Å². The standard InChI is InChI=1S/C31H38N4O/c1-2-14-34(24-10-12-26-23(21-24)6-5-9-31(26)36)18-15-33-16-19-35(20-17-33)25-11-13-30-28(22-25)27-7-3-4-8-29(27)32-30/h3-9,11,13,22,24,32,36H,2,10,12,14-21H2,1H3. The van der Waals surface area contributed by atoms with Gasteiger partial charge in [-0.15, -0.1) is 0 Å². The third-order valence-corrected chi connectivity index (χ3v) is 8.39. The average molecular weight is 483 g/mol. The molecule has 6 rings (SSSR count). The number of aromatic amines is 1. The third-order valence-electron chi connectivity index (χ3n) is 8.39. The maximum Gasteiger partial charge on any atom is 0.119 e. The number of hydrogen-bond acceptors (Lipinski definition) is 4. The van der Waals surface area contributed by atoms with Crippen LogP contribution in [0.5, 0.6) is 5.75 Å². The molecular weight excluding hydrogens is 444 g/mol. The molecule has 2 heterocycles. The van der Waals surface area contributed by atoms with E-state index in [0.717, 1.165) is 65.1 Å². The van der Waals surface area contributed by atoms with Gasteiger partial charge in [0.05, 0.1) is 0 Å². The van der Waals surface area contributed by atoms with Crippen molar-refractivity contribution >= 4 is 27.5 Å². The van der Waals surface area contributed by atoms with Crippen LogP contribution in [0.2, 0.25) is 0 Å². The van der Waals surface area contributed by atoms with Gasteiger partial charge in [-0.25, -0.2) is 0 Å². The SMILES string of the molecule is CCCN(CCN1CCN(c2ccc3[nH]c4ccccc4c3c2)CC1)C1CCc2c(O)cccc2C1. The normalized spacial score (nSPS) is 18.8. The van der Waals surface area contributed by atoms with Crippen molar-refractivity contribution in [2.45, 2.75) is 38.6 Å². The van der Waals surface area contributed by atoms with Crippen molar-refractivity contribution in [1.82, 2.24) is 14.8 Å². The number of aromatic hydroxyl groups is 1. The fraction of sp³-hybridized carbons (Fsp3) is 0.419. The lowest BCUT2D eigenvalue weighted by atomic mass is 9.87. The summed E-state index contributed by atoms with van der Waals surface area (Å²) >= 11 is 0. The van der Waals surface area contributed by atoms with Crippen molar-refractivity contribution in [3.05, 3.63) is 71.8 Å². The van der Waals surface area contributed by atoms with Crippen molar-refractivity contribution in [3.8, 4) is 5.75 Å². The minimum Gasteiger partial charge on any atom is -0.508 e. The molecule has 36 heavy (non-hydrogen) atoms. The number of para-hydroxylation sites is 1. The zero-order valence-corrected chi connectivity index (χ0v) is 21.4. The Morgan fingerprint density at radius 2 is 1.75 bits per heavy atom. The van der Waals surface area contributed by atoms with E-state index in [0.29, 0.717) is 11.8 Å². The second kappa shape index (κ2) is 10.2. The van der Waals surface area contributed by atoms with Crippen LogP contribution in [0.3, 0.4) is 0 Å². The van der Waals surface area contributed by atoms with Crippen molar-refractivity contribution < 1.29 is 5.11 Å². The predicted octanol–water partition coefficient (Wildman–Crippen LogP) is 5.42. The molecule has 5 nitrogen and oxygen atoms in total. The number of piperazine rings is 1. The first-order valence-corrected chi connectivity index (χ1v) is 13.7. The Hall–Kier alpha value is -3.02. The number of phenols is 1. The van der Waals surface area contributed by atoms with Crippen molar-refractivity contribution in [2.24, 2.45) is 0 Å². The van der Waals surface area contributed by atoms with Gasteiger partial charge in [-0.1, -0.05) is 37.3 Å². The first-order valence-electron chi connectivity index (χ1n) is 13.7. The first kappa shape index (κ1) is 23.4. The number of H-pyrrole nitrogens is 1. The van der Waals surface area contributed by atoms with Gasteiger partial charge in [0.2, 0.25) is 0 Å². The number of aromatic nitrogens is 1. The van der Waals surface area contributed by atoms with Gasteiger partial charge in [-0.2, -0.15) is 0 Å². The zero-order chi connectivity index (χ0) is 24.5. The molecule has 1 unspecified atom stereocenters. The predicted molar refractivity (Wildman–Crippen MR) is 150 cm³/mol. The summed E-state index contributed by atoms with van der Waals surface area (Å²) in [5.41, 5.74) is 6.28. The molecule has 1 fully saturated rings. The Bertz CT molecular complexity index is 1340. The molecule has 3 aromatic carbocycles. The number of hydrogen-bond donors (Lipinski definition) is 2. The van der Waals surface area contributed by atoms with E-state index in [4.69, 9.17) is 0 Å². The van der Waals surface area contributed by atoms with Gasteiger partial charge in [0, 0.05) is 72.8 Å². The number of fused-ring (bicyclic) bond motifs is 4. The molecule has 2 aliphatic rings. The second-order valence-corrected chi connectivity index (χ2v) is 10.6. The van der Waals surface area contributed by atoms with E-state index >= 15 is 0 Å². The molecule has 1 saturated heterocycles. The van der Waals surface area contributed by atoms with E-state index < -0.39 is 0 Å². The fourth-order valence-corrected chi connectivity index (χ4v) is 6.38. The summed E-state index contributed by atoms with van der Waals surface area (Å²) in [5, 5.41) is 12.9. The van der Waals surface area contributed by atoms with E-state index in [-0.39, 0.29) is 0 Å². The van der Waals surface area contributed by atoms with Gasteiger partial charge < -0.3 is 15.0 Å². The molecule has 1 aliphatic heterocycles. The van der Waals surface area contributed by atoms with Crippen LogP contribution in [-0.2, 0) is 12.8 Å². The minimum absolute atomic E-state index is 0.481. The summed E-state index contributed by atoms with van der Waals surface area (Å²) in [6, 6.07) is 22.1. The van der Waals surface area contributed by atoms with Gasteiger partial charge in [-0.3, -0.25) is 9.80 Å². The number of benzene rings is 3. The molecular formula is C31H38N4O. The molecule has 0 radical (unpaired) electrons. The van der Waals surface area contributed by atoms with E-state index in [1.54, 1.807) is 0 Å². The smallest absolute Gasteiger partial charge is 0.119 e. The monoisotopic (exact) mass is 482 g/mol. The Labute approximate surface area is 214 Å². The highest BCUT2D eigenvalue weighted by Crippen LogP contribution is 2.31. The number of rotatable bonds is 7. The summed E-state index contributed by atoms with van der Waals surface area (Å²) in [6.07, 6.45) is 4.39.